The van der Waals surface area contributed by atoms with Crippen molar-refractivity contribution in [1.82, 2.24) is 20.2 Å². The van der Waals surface area contributed by atoms with E-state index < -0.39 is 0 Å². The number of fused-ring (bicyclic) bond motifs is 1. The highest BCUT2D eigenvalue weighted by Gasteiger charge is 2.49. The van der Waals surface area contributed by atoms with Crippen molar-refractivity contribution in [3.63, 3.8) is 0 Å². The summed E-state index contributed by atoms with van der Waals surface area (Å²) in [4.78, 5) is 38.0. The topological polar surface area (TPSA) is 90.5 Å². The Morgan fingerprint density at radius 3 is 2.68 bits per heavy atom. The summed E-state index contributed by atoms with van der Waals surface area (Å²) in [6.07, 6.45) is 3.65. The van der Waals surface area contributed by atoms with Crippen molar-refractivity contribution in [1.29, 1.82) is 0 Å². The molecule has 2 aromatic rings. The highest BCUT2D eigenvalue weighted by Crippen LogP contribution is 2.41. The van der Waals surface area contributed by atoms with Gasteiger partial charge in [-0.1, -0.05) is 26.5 Å². The van der Waals surface area contributed by atoms with Gasteiger partial charge in [0, 0.05) is 56.5 Å². The molecule has 182 valence electrons. The molecule has 2 aliphatic heterocycles. The van der Waals surface area contributed by atoms with Crippen molar-refractivity contribution in [2.75, 3.05) is 43.4 Å². The molecule has 8 nitrogen and oxygen atoms in total. The lowest BCUT2D eigenvalue weighted by atomic mass is 9.79. The van der Waals surface area contributed by atoms with Gasteiger partial charge < -0.3 is 20.4 Å². The van der Waals surface area contributed by atoms with Crippen LogP contribution in [0.3, 0.4) is 0 Å². The summed E-state index contributed by atoms with van der Waals surface area (Å²) in [6.45, 7) is 13.2. The Hall–Kier alpha value is -3.16. The molecule has 0 bridgehead atoms. The van der Waals surface area contributed by atoms with Gasteiger partial charge in [0.1, 0.15) is 5.82 Å². The second-order valence-corrected chi connectivity index (χ2v) is 10.3. The molecule has 2 fully saturated rings. The van der Waals surface area contributed by atoms with Crippen LogP contribution in [0, 0.1) is 18.3 Å². The van der Waals surface area contributed by atoms with Crippen LogP contribution < -0.4 is 15.5 Å². The third kappa shape index (κ3) is 5.00. The first-order valence-electron chi connectivity index (χ1n) is 12.1. The molecule has 0 aliphatic carbocycles. The van der Waals surface area contributed by atoms with Crippen LogP contribution in [-0.2, 0) is 9.59 Å². The number of aromatic nitrogens is 2. The summed E-state index contributed by atoms with van der Waals surface area (Å²) in [6, 6.07) is 6.18. The summed E-state index contributed by atoms with van der Waals surface area (Å²) in [7, 11) is 1.67. The number of nitrogens with one attached hydrogen (secondary N) is 2. The smallest absolute Gasteiger partial charge is 0.245 e. The van der Waals surface area contributed by atoms with Crippen LogP contribution in [0.5, 0.6) is 0 Å². The molecular weight excluding hydrogens is 428 g/mol. The zero-order valence-electron chi connectivity index (χ0n) is 20.7. The van der Waals surface area contributed by atoms with Crippen molar-refractivity contribution in [3.8, 4) is 0 Å². The molecule has 0 radical (unpaired) electrons. The maximum atomic E-state index is 12.2. The normalized spacial score (nSPS) is 17.7. The molecule has 2 saturated heterocycles. The van der Waals surface area contributed by atoms with Crippen LogP contribution in [0.4, 0.5) is 11.8 Å². The van der Waals surface area contributed by atoms with E-state index >= 15 is 0 Å². The number of amides is 2. The van der Waals surface area contributed by atoms with Gasteiger partial charge in [-0.2, -0.15) is 4.98 Å². The second kappa shape index (κ2) is 9.60. The van der Waals surface area contributed by atoms with Crippen molar-refractivity contribution >= 4 is 34.5 Å². The molecule has 2 aliphatic rings. The van der Waals surface area contributed by atoms with Gasteiger partial charge in [0.25, 0.3) is 0 Å². The first kappa shape index (κ1) is 24.0. The molecule has 3 heterocycles. The summed E-state index contributed by atoms with van der Waals surface area (Å²) in [5.41, 5.74) is 2.15. The van der Waals surface area contributed by atoms with E-state index in [0.717, 1.165) is 61.3 Å². The average Bonchev–Trinajstić information content (AvgIpc) is 3.22. The molecule has 2 N–H and O–H groups in total. The largest absolute Gasteiger partial charge is 0.366 e. The first-order chi connectivity index (χ1) is 16.2. The molecule has 1 aromatic heterocycles. The van der Waals surface area contributed by atoms with Crippen LogP contribution >= 0.6 is 0 Å². The number of rotatable bonds is 8. The zero-order valence-corrected chi connectivity index (χ0v) is 20.7. The van der Waals surface area contributed by atoms with E-state index in [2.05, 4.69) is 61.1 Å². The van der Waals surface area contributed by atoms with Gasteiger partial charge in [-0.05, 0) is 49.5 Å². The molecule has 1 aromatic carbocycles. The van der Waals surface area contributed by atoms with Gasteiger partial charge in [-0.25, -0.2) is 4.98 Å². The lowest BCUT2D eigenvalue weighted by Gasteiger charge is -2.47. The van der Waals surface area contributed by atoms with E-state index in [1.54, 1.807) is 7.05 Å². The number of anilines is 2. The van der Waals surface area contributed by atoms with Crippen LogP contribution in [0.1, 0.15) is 38.7 Å². The lowest BCUT2D eigenvalue weighted by molar-refractivity contribution is -0.136. The van der Waals surface area contributed by atoms with Crippen molar-refractivity contribution in [3.05, 3.63) is 36.4 Å². The maximum Gasteiger partial charge on any atom is 0.245 e. The second-order valence-electron chi connectivity index (χ2n) is 10.3. The Kier molecular flexibility index (Phi) is 6.77. The van der Waals surface area contributed by atoms with Crippen molar-refractivity contribution in [2.24, 2.45) is 11.3 Å². The van der Waals surface area contributed by atoms with Gasteiger partial charge in [-0.3, -0.25) is 9.59 Å². The Balaban J connectivity index is 1.61. The van der Waals surface area contributed by atoms with Gasteiger partial charge in [0.15, 0.2) is 0 Å². The molecule has 4 rings (SSSR count). The molecule has 2 amide bonds. The van der Waals surface area contributed by atoms with E-state index in [-0.39, 0.29) is 23.3 Å². The van der Waals surface area contributed by atoms with Crippen LogP contribution in [0.25, 0.3) is 10.9 Å². The Bertz CT molecular complexity index is 1090. The summed E-state index contributed by atoms with van der Waals surface area (Å²) >= 11 is 0. The van der Waals surface area contributed by atoms with Crippen molar-refractivity contribution in [2.45, 2.75) is 46.1 Å². The molecule has 0 unspecified atom stereocenters. The molecular formula is C26H36N6O2. The predicted octanol–water partition coefficient (Wildman–Crippen LogP) is 3.13. The van der Waals surface area contributed by atoms with Crippen LogP contribution in [0.15, 0.2) is 30.9 Å². The van der Waals surface area contributed by atoms with Crippen LogP contribution in [-0.4, -0.2) is 66.0 Å². The SMILES string of the molecule is C=CC(=O)N1CC2(CCN(c3nc(N[C@H](CC(=O)NC)CC(C)C)c4ccc(C)cc4n3)C2)C1. The average molecular weight is 465 g/mol. The van der Waals surface area contributed by atoms with E-state index in [1.165, 1.54) is 6.08 Å². The summed E-state index contributed by atoms with van der Waals surface area (Å²) in [5, 5.41) is 7.28. The monoisotopic (exact) mass is 464 g/mol. The Morgan fingerprint density at radius 2 is 2.00 bits per heavy atom. The Labute approximate surface area is 201 Å². The maximum absolute atomic E-state index is 12.2. The van der Waals surface area contributed by atoms with Crippen molar-refractivity contribution < 1.29 is 9.59 Å². The molecule has 0 saturated carbocycles. The minimum atomic E-state index is -0.0257. The van der Waals surface area contributed by atoms with Gasteiger partial charge in [0.2, 0.25) is 17.8 Å². The molecule has 1 atom stereocenters. The third-order valence-corrected chi connectivity index (χ3v) is 6.91. The summed E-state index contributed by atoms with van der Waals surface area (Å²) < 4.78 is 0. The fourth-order valence-electron chi connectivity index (χ4n) is 5.17. The minimum Gasteiger partial charge on any atom is -0.366 e. The van der Waals surface area contributed by atoms with E-state index in [0.29, 0.717) is 18.3 Å². The number of aryl methyl sites for hydroxylation is 1. The number of likely N-dealkylation sites (tertiary alicyclic amines) is 1. The molecule has 1 spiro atoms. The highest BCUT2D eigenvalue weighted by molar-refractivity contribution is 5.91. The van der Waals surface area contributed by atoms with Gasteiger partial charge >= 0.3 is 0 Å². The number of hydrogen-bond donors (Lipinski definition) is 2. The standard InChI is InChI=1S/C26H36N6O2/c1-6-23(34)32-15-26(16-32)9-10-31(14-26)25-29-21-12-18(4)7-8-20(21)24(30-25)28-19(11-17(2)3)13-22(33)27-5/h6-8,12,17,19H,1,9-11,13-16H2,2-5H3,(H,27,33)(H,28,29,30)/t19-/m0/s1. The number of carbonyl (C=O) groups is 2. The van der Waals surface area contributed by atoms with E-state index in [4.69, 9.17) is 9.97 Å². The van der Waals surface area contributed by atoms with E-state index in [9.17, 15) is 9.59 Å². The Morgan fingerprint density at radius 1 is 1.24 bits per heavy atom. The van der Waals surface area contributed by atoms with Gasteiger partial charge in [-0.15, -0.1) is 0 Å². The fourth-order valence-corrected chi connectivity index (χ4v) is 5.17. The minimum absolute atomic E-state index is 0.000280. The third-order valence-electron chi connectivity index (χ3n) is 6.91. The quantitative estimate of drug-likeness (QED) is 0.584. The fraction of sp³-hybridized carbons (Fsp3) is 0.538. The van der Waals surface area contributed by atoms with Gasteiger partial charge in [0.05, 0.1) is 5.52 Å². The van der Waals surface area contributed by atoms with Crippen LogP contribution in [0.2, 0.25) is 0 Å². The molecule has 8 heteroatoms. The lowest BCUT2D eigenvalue weighted by Crippen LogP contribution is -2.59. The zero-order chi connectivity index (χ0) is 24.5. The first-order valence-corrected chi connectivity index (χ1v) is 12.1. The number of benzene rings is 1. The number of nitrogens with zero attached hydrogens (tertiary/aromatic N) is 4. The highest BCUT2D eigenvalue weighted by atomic mass is 16.2. The number of carbonyl (C=O) groups excluding carboxylic acids is 2. The predicted molar refractivity (Wildman–Crippen MR) is 136 cm³/mol. The molecule has 34 heavy (non-hydrogen) atoms. The number of hydrogen-bond acceptors (Lipinski definition) is 6. The summed E-state index contributed by atoms with van der Waals surface area (Å²) in [5.74, 6) is 1.93. The van der Waals surface area contributed by atoms with E-state index in [1.807, 2.05) is 4.90 Å².